The Bertz CT molecular complexity index is 1320. The minimum absolute atomic E-state index is 0.0883. The molecule has 1 fully saturated rings. The van der Waals surface area contributed by atoms with E-state index in [2.05, 4.69) is 47.4 Å². The van der Waals surface area contributed by atoms with E-state index in [-0.39, 0.29) is 11.3 Å². The van der Waals surface area contributed by atoms with E-state index in [1.165, 1.54) is 12.8 Å². The number of ether oxygens (including phenoxy) is 2. The number of carbonyl (C=O) groups is 1. The van der Waals surface area contributed by atoms with Crippen LogP contribution >= 0.6 is 0 Å². The lowest BCUT2D eigenvalue weighted by Gasteiger charge is -2.25. The third kappa shape index (κ3) is 7.61. The predicted molar refractivity (Wildman–Crippen MR) is 162 cm³/mol. The zero-order valence-corrected chi connectivity index (χ0v) is 25.1. The SMILES string of the molecule is COc1c(CN(C)C)cc(C(C)(C)C)cc1NC(=O)c1ccc(C)c(Oc2ccnc(CC3CCNCC3)c2)c1. The number of methoxy groups -OCH3 is 1. The molecule has 4 rings (SSSR count). The maximum Gasteiger partial charge on any atom is 0.255 e. The van der Waals surface area contributed by atoms with Crippen molar-refractivity contribution in [1.82, 2.24) is 15.2 Å². The summed E-state index contributed by atoms with van der Waals surface area (Å²) in [6, 6.07) is 13.6. The molecule has 2 aromatic carbocycles. The molecular formula is C33H44N4O3. The second kappa shape index (κ2) is 12.8. The number of rotatable bonds is 9. The molecule has 0 bridgehead atoms. The van der Waals surface area contributed by atoms with Gasteiger partial charge >= 0.3 is 0 Å². The highest BCUT2D eigenvalue weighted by Gasteiger charge is 2.22. The summed E-state index contributed by atoms with van der Waals surface area (Å²) in [7, 11) is 5.69. The quantitative estimate of drug-likeness (QED) is 0.327. The van der Waals surface area contributed by atoms with Crippen LogP contribution in [-0.4, -0.2) is 50.1 Å². The lowest BCUT2D eigenvalue weighted by molar-refractivity contribution is 0.102. The summed E-state index contributed by atoms with van der Waals surface area (Å²) in [6.07, 6.45) is 5.09. The lowest BCUT2D eigenvalue weighted by atomic mass is 9.85. The lowest BCUT2D eigenvalue weighted by Crippen LogP contribution is -2.28. The van der Waals surface area contributed by atoms with Crippen LogP contribution in [0.4, 0.5) is 5.69 Å². The molecule has 2 N–H and O–H groups in total. The van der Waals surface area contributed by atoms with Crippen molar-refractivity contribution in [2.75, 3.05) is 39.6 Å². The van der Waals surface area contributed by atoms with Gasteiger partial charge in [-0.05, 0) is 100 Å². The molecule has 7 heteroatoms. The maximum absolute atomic E-state index is 13.5. The van der Waals surface area contributed by atoms with Gasteiger partial charge < -0.3 is 25.0 Å². The number of benzene rings is 2. The van der Waals surface area contributed by atoms with E-state index in [9.17, 15) is 4.79 Å². The minimum atomic E-state index is -0.216. The molecule has 0 saturated carbocycles. The zero-order valence-electron chi connectivity index (χ0n) is 25.1. The van der Waals surface area contributed by atoms with E-state index in [0.717, 1.165) is 47.6 Å². The monoisotopic (exact) mass is 544 g/mol. The molecule has 0 atom stereocenters. The summed E-state index contributed by atoms with van der Waals surface area (Å²) in [6.45, 7) is 11.3. The smallest absolute Gasteiger partial charge is 0.255 e. The Kier molecular flexibility index (Phi) is 9.48. The fourth-order valence-corrected chi connectivity index (χ4v) is 5.10. The van der Waals surface area contributed by atoms with Crippen molar-refractivity contribution in [3.8, 4) is 17.2 Å². The van der Waals surface area contributed by atoms with Gasteiger partial charge in [0.15, 0.2) is 0 Å². The van der Waals surface area contributed by atoms with Crippen LogP contribution < -0.4 is 20.1 Å². The van der Waals surface area contributed by atoms with Crippen molar-refractivity contribution in [1.29, 1.82) is 0 Å². The van der Waals surface area contributed by atoms with Crippen LogP contribution in [0, 0.1) is 12.8 Å². The fraction of sp³-hybridized carbons (Fsp3) is 0.455. The normalized spacial score (nSPS) is 14.3. The van der Waals surface area contributed by atoms with E-state index in [4.69, 9.17) is 9.47 Å². The van der Waals surface area contributed by atoms with Gasteiger partial charge in [0.05, 0.1) is 12.8 Å². The molecule has 3 aromatic rings. The first-order valence-electron chi connectivity index (χ1n) is 14.1. The van der Waals surface area contributed by atoms with Crippen LogP contribution in [0.5, 0.6) is 17.2 Å². The van der Waals surface area contributed by atoms with E-state index in [0.29, 0.717) is 35.2 Å². The molecule has 1 aliphatic heterocycles. The predicted octanol–water partition coefficient (Wildman–Crippen LogP) is 6.34. The van der Waals surface area contributed by atoms with Gasteiger partial charge in [0.2, 0.25) is 0 Å². The topological polar surface area (TPSA) is 75.7 Å². The minimum Gasteiger partial charge on any atom is -0.494 e. The molecule has 214 valence electrons. The molecular weight excluding hydrogens is 500 g/mol. The number of amides is 1. The first-order valence-corrected chi connectivity index (χ1v) is 14.1. The number of pyridine rings is 1. The Morgan fingerprint density at radius 3 is 2.52 bits per heavy atom. The molecule has 1 amide bonds. The summed E-state index contributed by atoms with van der Waals surface area (Å²) in [5.41, 5.74) is 5.24. The van der Waals surface area contributed by atoms with Gasteiger partial charge in [0.1, 0.15) is 17.2 Å². The van der Waals surface area contributed by atoms with E-state index in [1.807, 2.05) is 51.4 Å². The number of hydrogen-bond acceptors (Lipinski definition) is 6. The molecule has 0 aliphatic carbocycles. The van der Waals surface area contributed by atoms with Gasteiger partial charge in [-0.1, -0.05) is 32.9 Å². The summed E-state index contributed by atoms with van der Waals surface area (Å²) >= 11 is 0. The average molecular weight is 545 g/mol. The maximum atomic E-state index is 13.5. The van der Waals surface area contributed by atoms with Crippen LogP contribution in [0.3, 0.4) is 0 Å². The summed E-state index contributed by atoms with van der Waals surface area (Å²) in [5.74, 6) is 2.48. The molecule has 2 heterocycles. The largest absolute Gasteiger partial charge is 0.494 e. The molecule has 1 saturated heterocycles. The number of hydrogen-bond donors (Lipinski definition) is 2. The van der Waals surface area contributed by atoms with Crippen molar-refractivity contribution in [3.05, 3.63) is 76.6 Å². The van der Waals surface area contributed by atoms with Gasteiger partial charge in [-0.15, -0.1) is 0 Å². The Morgan fingerprint density at radius 1 is 1.10 bits per heavy atom. The van der Waals surface area contributed by atoms with E-state index >= 15 is 0 Å². The van der Waals surface area contributed by atoms with Gasteiger partial charge in [-0.2, -0.15) is 0 Å². The van der Waals surface area contributed by atoms with Crippen molar-refractivity contribution in [3.63, 3.8) is 0 Å². The van der Waals surface area contributed by atoms with Crippen molar-refractivity contribution >= 4 is 11.6 Å². The highest BCUT2D eigenvalue weighted by atomic mass is 16.5. The Hall–Kier alpha value is -3.42. The van der Waals surface area contributed by atoms with Crippen LogP contribution in [0.1, 0.15) is 66.4 Å². The van der Waals surface area contributed by atoms with Crippen molar-refractivity contribution in [2.24, 2.45) is 5.92 Å². The molecule has 40 heavy (non-hydrogen) atoms. The van der Waals surface area contributed by atoms with E-state index in [1.54, 1.807) is 19.4 Å². The number of aromatic nitrogens is 1. The van der Waals surface area contributed by atoms with Crippen LogP contribution in [0.2, 0.25) is 0 Å². The first-order chi connectivity index (χ1) is 19.0. The van der Waals surface area contributed by atoms with Crippen molar-refractivity contribution < 1.29 is 14.3 Å². The molecule has 0 spiro atoms. The number of piperidine rings is 1. The van der Waals surface area contributed by atoms with Gasteiger partial charge in [0, 0.05) is 35.6 Å². The Balaban J connectivity index is 1.56. The number of nitrogens with one attached hydrogen (secondary N) is 2. The van der Waals surface area contributed by atoms with Crippen molar-refractivity contribution in [2.45, 2.75) is 58.9 Å². The zero-order chi connectivity index (χ0) is 28.9. The van der Waals surface area contributed by atoms with Gasteiger partial charge in [-0.3, -0.25) is 9.78 Å². The second-order valence-corrected chi connectivity index (χ2v) is 12.1. The average Bonchev–Trinajstić information content (AvgIpc) is 2.90. The van der Waals surface area contributed by atoms with Crippen LogP contribution in [0.25, 0.3) is 0 Å². The van der Waals surface area contributed by atoms with E-state index < -0.39 is 0 Å². The second-order valence-electron chi connectivity index (χ2n) is 12.1. The number of aryl methyl sites for hydroxylation is 1. The summed E-state index contributed by atoms with van der Waals surface area (Å²) in [4.78, 5) is 20.2. The number of anilines is 1. The highest BCUT2D eigenvalue weighted by molar-refractivity contribution is 6.05. The third-order valence-corrected chi connectivity index (χ3v) is 7.39. The Morgan fingerprint density at radius 2 is 1.85 bits per heavy atom. The standard InChI is InChI=1S/C33H44N4O3/c1-22-8-9-24(18-30(22)40-28-12-15-35-27(20-28)16-23-10-13-34-14-11-23)32(38)36-29-19-26(33(2,3)4)17-25(21-37(5)6)31(29)39-7/h8-9,12,15,17-20,23,34H,10-11,13-14,16,21H2,1-7H3,(H,36,38). The van der Waals surface area contributed by atoms with Crippen LogP contribution in [0.15, 0.2) is 48.7 Å². The number of carbonyl (C=O) groups excluding carboxylic acids is 1. The molecule has 1 aliphatic rings. The fourth-order valence-electron chi connectivity index (χ4n) is 5.10. The summed E-state index contributed by atoms with van der Waals surface area (Å²) < 4.78 is 12.1. The van der Waals surface area contributed by atoms with Gasteiger partial charge in [0.25, 0.3) is 5.91 Å². The molecule has 0 unspecified atom stereocenters. The molecule has 1 aromatic heterocycles. The molecule has 7 nitrogen and oxygen atoms in total. The van der Waals surface area contributed by atoms with Gasteiger partial charge in [-0.25, -0.2) is 0 Å². The number of nitrogens with zero attached hydrogens (tertiary/aromatic N) is 2. The van der Waals surface area contributed by atoms with Crippen LogP contribution in [-0.2, 0) is 18.4 Å². The first kappa shape index (κ1) is 29.6. The Labute approximate surface area is 239 Å². The molecule has 0 radical (unpaired) electrons. The third-order valence-electron chi connectivity index (χ3n) is 7.39. The highest BCUT2D eigenvalue weighted by Crippen LogP contribution is 2.36. The summed E-state index contributed by atoms with van der Waals surface area (Å²) in [5, 5.41) is 6.54.